The quantitative estimate of drug-likeness (QED) is 0.943. The van der Waals surface area contributed by atoms with Gasteiger partial charge in [0.2, 0.25) is 0 Å². The zero-order chi connectivity index (χ0) is 13.1. The summed E-state index contributed by atoms with van der Waals surface area (Å²) in [7, 11) is 3.51. The van der Waals surface area contributed by atoms with E-state index in [1.165, 1.54) is 0 Å². The van der Waals surface area contributed by atoms with Gasteiger partial charge in [-0.2, -0.15) is 0 Å². The normalized spacial score (nSPS) is 12.4. The van der Waals surface area contributed by atoms with Gasteiger partial charge in [-0.05, 0) is 12.1 Å². The largest absolute Gasteiger partial charge is 0.496 e. The molecule has 18 heavy (non-hydrogen) atoms. The first kappa shape index (κ1) is 13.1. The number of aromatic nitrogens is 2. The zero-order valence-corrected chi connectivity index (χ0v) is 11.9. The topological polar surface area (TPSA) is 47.3 Å². The molecule has 0 bridgehead atoms. The van der Waals surface area contributed by atoms with E-state index in [4.69, 9.17) is 4.74 Å². The minimum absolute atomic E-state index is 0.460. The van der Waals surface area contributed by atoms with Crippen LogP contribution >= 0.6 is 15.9 Å². The zero-order valence-electron chi connectivity index (χ0n) is 10.3. The number of halogens is 1. The number of nitrogens with zero attached hydrogens (tertiary/aromatic N) is 2. The van der Waals surface area contributed by atoms with Crippen molar-refractivity contribution in [3.05, 3.63) is 46.5 Å². The summed E-state index contributed by atoms with van der Waals surface area (Å²) >= 11 is 3.38. The maximum Gasteiger partial charge on any atom is 0.125 e. The van der Waals surface area contributed by atoms with Gasteiger partial charge in [0, 0.05) is 35.9 Å². The molecule has 96 valence electrons. The molecule has 1 N–H and O–H groups in total. The Kier molecular flexibility index (Phi) is 4.04. The lowest BCUT2D eigenvalue weighted by atomic mass is 10.1. The van der Waals surface area contributed by atoms with Gasteiger partial charge in [0.1, 0.15) is 11.6 Å². The van der Waals surface area contributed by atoms with Gasteiger partial charge in [-0.25, -0.2) is 4.98 Å². The van der Waals surface area contributed by atoms with Crippen molar-refractivity contribution in [2.75, 3.05) is 7.11 Å². The lowest BCUT2D eigenvalue weighted by Gasteiger charge is -2.15. The van der Waals surface area contributed by atoms with E-state index < -0.39 is 6.10 Å². The molecule has 4 nitrogen and oxygen atoms in total. The van der Waals surface area contributed by atoms with E-state index in [2.05, 4.69) is 20.9 Å². The molecule has 5 heteroatoms. The molecule has 1 heterocycles. The summed E-state index contributed by atoms with van der Waals surface area (Å²) in [5.41, 5.74) is 0.767. The van der Waals surface area contributed by atoms with Crippen LogP contribution in [0.4, 0.5) is 0 Å². The fourth-order valence-electron chi connectivity index (χ4n) is 1.84. The van der Waals surface area contributed by atoms with E-state index in [-0.39, 0.29) is 0 Å². The highest BCUT2D eigenvalue weighted by Gasteiger charge is 2.16. The molecule has 0 amide bonds. The van der Waals surface area contributed by atoms with E-state index in [1.807, 2.05) is 36.0 Å². The Morgan fingerprint density at radius 2 is 2.28 bits per heavy atom. The van der Waals surface area contributed by atoms with Crippen LogP contribution in [-0.4, -0.2) is 21.8 Å². The molecule has 0 aliphatic heterocycles. The van der Waals surface area contributed by atoms with Crippen LogP contribution in [0.25, 0.3) is 0 Å². The molecule has 1 atom stereocenters. The van der Waals surface area contributed by atoms with Gasteiger partial charge < -0.3 is 14.4 Å². The van der Waals surface area contributed by atoms with Crippen molar-refractivity contribution in [2.24, 2.45) is 7.05 Å². The molecular weight excluding hydrogens is 296 g/mol. The number of hydrogen-bond acceptors (Lipinski definition) is 3. The van der Waals surface area contributed by atoms with Crippen LogP contribution in [-0.2, 0) is 13.5 Å². The smallest absolute Gasteiger partial charge is 0.125 e. The number of methoxy groups -OCH3 is 1. The van der Waals surface area contributed by atoms with Crippen LogP contribution in [0.3, 0.4) is 0 Å². The predicted molar refractivity (Wildman–Crippen MR) is 72.6 cm³/mol. The Bertz CT molecular complexity index is 540. The lowest BCUT2D eigenvalue weighted by Crippen LogP contribution is -2.08. The van der Waals surface area contributed by atoms with Gasteiger partial charge in [0.25, 0.3) is 0 Å². The Hall–Kier alpha value is -1.33. The van der Waals surface area contributed by atoms with Crippen LogP contribution in [0, 0.1) is 0 Å². The summed E-state index contributed by atoms with van der Waals surface area (Å²) in [4.78, 5) is 4.21. The Labute approximate surface area is 114 Å². The van der Waals surface area contributed by atoms with Crippen molar-refractivity contribution in [1.82, 2.24) is 9.55 Å². The molecule has 0 radical (unpaired) electrons. The molecule has 0 saturated carbocycles. The standard InChI is InChI=1S/C13H15BrN2O2/c1-16-6-5-15-13(16)8-11(17)10-4-3-9(14)7-12(10)18-2/h3-7,11,17H,8H2,1-2H3. The Balaban J connectivity index is 2.23. The number of imidazole rings is 1. The first-order chi connectivity index (χ1) is 8.61. The van der Waals surface area contributed by atoms with E-state index >= 15 is 0 Å². The van der Waals surface area contributed by atoms with Crippen molar-refractivity contribution in [3.8, 4) is 5.75 Å². The van der Waals surface area contributed by atoms with Gasteiger partial charge in [-0.15, -0.1) is 0 Å². The van der Waals surface area contributed by atoms with Crippen LogP contribution in [0.15, 0.2) is 35.1 Å². The minimum atomic E-state index is -0.630. The van der Waals surface area contributed by atoms with E-state index in [9.17, 15) is 5.11 Å². The van der Waals surface area contributed by atoms with E-state index in [1.54, 1.807) is 13.3 Å². The summed E-state index contributed by atoms with van der Waals surface area (Å²) in [6.45, 7) is 0. The molecule has 0 fully saturated rings. The number of aryl methyl sites for hydroxylation is 1. The highest BCUT2D eigenvalue weighted by atomic mass is 79.9. The number of ether oxygens (including phenoxy) is 1. The molecule has 1 aromatic carbocycles. The van der Waals surface area contributed by atoms with Crippen molar-refractivity contribution >= 4 is 15.9 Å². The molecule has 0 saturated heterocycles. The molecule has 0 aliphatic rings. The van der Waals surface area contributed by atoms with Gasteiger partial charge in [-0.3, -0.25) is 0 Å². The van der Waals surface area contributed by atoms with Crippen molar-refractivity contribution in [1.29, 1.82) is 0 Å². The Morgan fingerprint density at radius 1 is 1.50 bits per heavy atom. The van der Waals surface area contributed by atoms with Gasteiger partial charge in [0.05, 0.1) is 13.2 Å². The summed E-state index contributed by atoms with van der Waals surface area (Å²) < 4.78 is 8.10. The lowest BCUT2D eigenvalue weighted by molar-refractivity contribution is 0.170. The SMILES string of the molecule is COc1cc(Br)ccc1C(O)Cc1nccn1C. The average molecular weight is 311 g/mol. The summed E-state index contributed by atoms with van der Waals surface area (Å²) in [5.74, 6) is 1.51. The number of benzene rings is 1. The van der Waals surface area contributed by atoms with Crippen molar-refractivity contribution < 1.29 is 9.84 Å². The highest BCUT2D eigenvalue weighted by molar-refractivity contribution is 9.10. The van der Waals surface area contributed by atoms with Crippen molar-refractivity contribution in [3.63, 3.8) is 0 Å². The second-order valence-electron chi connectivity index (χ2n) is 4.06. The maximum absolute atomic E-state index is 10.3. The Morgan fingerprint density at radius 3 is 2.89 bits per heavy atom. The second-order valence-corrected chi connectivity index (χ2v) is 4.98. The molecule has 2 aromatic rings. The summed E-state index contributed by atoms with van der Waals surface area (Å²) in [6.07, 6.45) is 3.41. The maximum atomic E-state index is 10.3. The number of rotatable bonds is 4. The number of aliphatic hydroxyl groups excluding tert-OH is 1. The van der Waals surface area contributed by atoms with Crippen LogP contribution in [0.5, 0.6) is 5.75 Å². The fourth-order valence-corrected chi connectivity index (χ4v) is 2.18. The van der Waals surface area contributed by atoms with E-state index in [0.717, 1.165) is 15.9 Å². The monoisotopic (exact) mass is 310 g/mol. The second kappa shape index (κ2) is 5.54. The first-order valence-corrected chi connectivity index (χ1v) is 6.39. The average Bonchev–Trinajstić information content (AvgIpc) is 2.74. The molecule has 1 unspecified atom stereocenters. The van der Waals surface area contributed by atoms with E-state index in [0.29, 0.717) is 12.2 Å². The predicted octanol–water partition coefficient (Wildman–Crippen LogP) is 2.47. The van der Waals surface area contributed by atoms with Crippen LogP contribution < -0.4 is 4.74 Å². The van der Waals surface area contributed by atoms with Crippen LogP contribution in [0.1, 0.15) is 17.5 Å². The van der Waals surface area contributed by atoms with Gasteiger partial charge >= 0.3 is 0 Å². The molecule has 2 rings (SSSR count). The summed E-state index contributed by atoms with van der Waals surface area (Å²) in [5, 5.41) is 10.3. The third-order valence-corrected chi connectivity index (χ3v) is 3.34. The molecular formula is C13H15BrN2O2. The van der Waals surface area contributed by atoms with Gasteiger partial charge in [0.15, 0.2) is 0 Å². The highest BCUT2D eigenvalue weighted by Crippen LogP contribution is 2.30. The summed E-state index contributed by atoms with van der Waals surface area (Å²) in [6, 6.07) is 5.59. The first-order valence-electron chi connectivity index (χ1n) is 5.59. The molecule has 0 spiro atoms. The van der Waals surface area contributed by atoms with Gasteiger partial charge in [-0.1, -0.05) is 22.0 Å². The number of hydrogen-bond donors (Lipinski definition) is 1. The minimum Gasteiger partial charge on any atom is -0.496 e. The molecule has 0 aliphatic carbocycles. The third-order valence-electron chi connectivity index (χ3n) is 2.85. The number of aliphatic hydroxyl groups is 1. The van der Waals surface area contributed by atoms with Crippen LogP contribution in [0.2, 0.25) is 0 Å². The third kappa shape index (κ3) is 2.73. The van der Waals surface area contributed by atoms with Crippen molar-refractivity contribution in [2.45, 2.75) is 12.5 Å². The molecule has 1 aromatic heterocycles. The fraction of sp³-hybridized carbons (Fsp3) is 0.308.